The van der Waals surface area contributed by atoms with Gasteiger partial charge in [-0.1, -0.05) is 66.9 Å². The normalized spacial score (nSPS) is 14.5. The lowest BCUT2D eigenvalue weighted by atomic mass is 9.94. The van der Waals surface area contributed by atoms with Gasteiger partial charge in [-0.3, -0.25) is 9.59 Å². The first kappa shape index (κ1) is 28.1. The fourth-order valence-electron chi connectivity index (χ4n) is 5.66. The molecule has 41 heavy (non-hydrogen) atoms. The van der Waals surface area contributed by atoms with Gasteiger partial charge in [-0.25, -0.2) is 4.68 Å². The second-order valence-electron chi connectivity index (χ2n) is 10.7. The van der Waals surface area contributed by atoms with Gasteiger partial charge in [0.15, 0.2) is 11.5 Å². The highest BCUT2D eigenvalue weighted by Gasteiger charge is 2.34. The van der Waals surface area contributed by atoms with Crippen molar-refractivity contribution in [2.45, 2.75) is 64.1 Å². The smallest absolute Gasteiger partial charge is 0.247 e. The van der Waals surface area contributed by atoms with Gasteiger partial charge in [-0.05, 0) is 67.1 Å². The minimum Gasteiger partial charge on any atom is -0.504 e. The Bertz CT molecular complexity index is 1510. The summed E-state index contributed by atoms with van der Waals surface area (Å²) in [6.45, 7) is 2.26. The van der Waals surface area contributed by atoms with Crippen LogP contribution in [0, 0.1) is 6.92 Å². The number of benzene rings is 3. The number of ether oxygens (including phenoxy) is 1. The number of phenols is 1. The van der Waals surface area contributed by atoms with Gasteiger partial charge in [-0.15, -0.1) is 5.10 Å². The zero-order valence-corrected chi connectivity index (χ0v) is 23.6. The molecule has 9 heteroatoms. The highest BCUT2D eigenvalue weighted by molar-refractivity contribution is 5.89. The number of nitrogens with one attached hydrogen (secondary N) is 1. The molecule has 4 aromatic rings. The van der Waals surface area contributed by atoms with E-state index in [-0.39, 0.29) is 30.2 Å². The van der Waals surface area contributed by atoms with Crippen molar-refractivity contribution >= 4 is 22.8 Å². The Labute approximate surface area is 240 Å². The van der Waals surface area contributed by atoms with Crippen LogP contribution in [0.2, 0.25) is 0 Å². The number of aromatic nitrogens is 3. The predicted octanol–water partition coefficient (Wildman–Crippen LogP) is 4.72. The van der Waals surface area contributed by atoms with Crippen molar-refractivity contribution in [2.24, 2.45) is 0 Å². The van der Waals surface area contributed by atoms with E-state index in [1.807, 2.05) is 55.5 Å². The van der Waals surface area contributed by atoms with E-state index in [2.05, 4.69) is 15.6 Å². The van der Waals surface area contributed by atoms with Crippen LogP contribution in [0.25, 0.3) is 11.0 Å². The molecule has 2 N–H and O–H groups in total. The first-order valence-electron chi connectivity index (χ1n) is 14.2. The second-order valence-corrected chi connectivity index (χ2v) is 10.7. The topological polar surface area (TPSA) is 110 Å². The van der Waals surface area contributed by atoms with Crippen molar-refractivity contribution < 1.29 is 19.4 Å². The lowest BCUT2D eigenvalue weighted by molar-refractivity contribution is -0.141. The number of aromatic hydroxyl groups is 1. The third-order valence-corrected chi connectivity index (χ3v) is 7.94. The average molecular weight is 556 g/mol. The van der Waals surface area contributed by atoms with E-state index in [4.69, 9.17) is 4.74 Å². The number of para-hydroxylation sites is 1. The molecule has 0 saturated heterocycles. The Morgan fingerprint density at radius 3 is 2.59 bits per heavy atom. The van der Waals surface area contributed by atoms with E-state index >= 15 is 0 Å². The first-order chi connectivity index (χ1) is 19.9. The summed E-state index contributed by atoms with van der Waals surface area (Å²) >= 11 is 0. The van der Waals surface area contributed by atoms with E-state index < -0.39 is 6.04 Å². The van der Waals surface area contributed by atoms with Gasteiger partial charge in [-0.2, -0.15) is 0 Å². The molecule has 214 valence electrons. The summed E-state index contributed by atoms with van der Waals surface area (Å²) in [5.41, 5.74) is 4.16. The molecule has 5 rings (SSSR count). The summed E-state index contributed by atoms with van der Waals surface area (Å²) in [7, 11) is 1.47. The SMILES string of the molecule is COc1ccc(C(C(=O)NC2CCCCC2)N(CCc2ccccc2C)C(=O)Cn2nnc3ccccc32)cc1O. The number of rotatable bonds is 10. The number of fused-ring (bicyclic) bond motifs is 1. The number of carbonyl (C=O) groups excluding carboxylic acids is 2. The lowest BCUT2D eigenvalue weighted by Gasteiger charge is -2.34. The maximum Gasteiger partial charge on any atom is 0.247 e. The number of hydrogen-bond donors (Lipinski definition) is 2. The first-order valence-corrected chi connectivity index (χ1v) is 14.2. The van der Waals surface area contributed by atoms with Crippen LogP contribution in [0.4, 0.5) is 0 Å². The molecular formula is C32H37N5O4. The number of methoxy groups -OCH3 is 1. The molecule has 1 fully saturated rings. The van der Waals surface area contributed by atoms with Crippen LogP contribution in [0.1, 0.15) is 54.8 Å². The number of nitrogens with zero attached hydrogens (tertiary/aromatic N) is 4. The van der Waals surface area contributed by atoms with Crippen LogP contribution in [0.15, 0.2) is 66.7 Å². The van der Waals surface area contributed by atoms with E-state index in [0.717, 1.165) is 48.7 Å². The molecule has 3 aromatic carbocycles. The van der Waals surface area contributed by atoms with Crippen molar-refractivity contribution in [1.82, 2.24) is 25.2 Å². The predicted molar refractivity (Wildman–Crippen MR) is 157 cm³/mol. The zero-order valence-electron chi connectivity index (χ0n) is 23.6. The summed E-state index contributed by atoms with van der Waals surface area (Å²) in [6.07, 6.45) is 5.67. The van der Waals surface area contributed by atoms with E-state index in [9.17, 15) is 14.7 Å². The van der Waals surface area contributed by atoms with Gasteiger partial charge in [0.05, 0.1) is 12.6 Å². The highest BCUT2D eigenvalue weighted by Crippen LogP contribution is 2.32. The lowest BCUT2D eigenvalue weighted by Crippen LogP contribution is -2.48. The molecule has 2 amide bonds. The third-order valence-electron chi connectivity index (χ3n) is 7.94. The van der Waals surface area contributed by atoms with Gasteiger partial charge < -0.3 is 20.1 Å². The van der Waals surface area contributed by atoms with Crippen molar-refractivity contribution in [1.29, 1.82) is 0 Å². The Morgan fingerprint density at radius 1 is 1.07 bits per heavy atom. The Kier molecular flexibility index (Phi) is 8.82. The van der Waals surface area contributed by atoms with Crippen LogP contribution in [0.3, 0.4) is 0 Å². The molecule has 1 aliphatic rings. The van der Waals surface area contributed by atoms with Crippen molar-refractivity contribution in [2.75, 3.05) is 13.7 Å². The Hall–Kier alpha value is -4.40. The van der Waals surface area contributed by atoms with E-state index in [0.29, 0.717) is 29.8 Å². The monoisotopic (exact) mass is 555 g/mol. The van der Waals surface area contributed by atoms with Crippen LogP contribution in [-0.4, -0.2) is 56.5 Å². The average Bonchev–Trinajstić information content (AvgIpc) is 3.39. The van der Waals surface area contributed by atoms with Gasteiger partial charge in [0.1, 0.15) is 18.1 Å². The molecule has 1 aliphatic carbocycles. The van der Waals surface area contributed by atoms with Crippen molar-refractivity contribution in [3.8, 4) is 11.5 Å². The van der Waals surface area contributed by atoms with Gasteiger partial charge in [0.2, 0.25) is 11.8 Å². The van der Waals surface area contributed by atoms with Crippen LogP contribution in [0.5, 0.6) is 11.5 Å². The number of carbonyl (C=O) groups is 2. The molecule has 1 aromatic heterocycles. The molecule has 9 nitrogen and oxygen atoms in total. The molecule has 1 saturated carbocycles. The van der Waals surface area contributed by atoms with Gasteiger partial charge >= 0.3 is 0 Å². The standard InChI is InChI=1S/C32H37N5O4/c1-22-10-6-7-11-23(22)18-19-36(30(39)21-37-27-15-9-8-14-26(27)34-35-37)31(24-16-17-29(41-2)28(38)20-24)32(40)33-25-12-4-3-5-13-25/h6-11,14-17,20,25,31,38H,3-5,12-13,18-19,21H2,1-2H3,(H,33,40). The van der Waals surface area contributed by atoms with E-state index in [1.165, 1.54) is 13.2 Å². The van der Waals surface area contributed by atoms with Crippen LogP contribution in [-0.2, 0) is 22.6 Å². The summed E-state index contributed by atoms with van der Waals surface area (Å²) in [6, 6.07) is 19.5. The van der Waals surface area contributed by atoms with Crippen LogP contribution >= 0.6 is 0 Å². The summed E-state index contributed by atoms with van der Waals surface area (Å²) < 4.78 is 6.82. The number of hydrogen-bond acceptors (Lipinski definition) is 6. The summed E-state index contributed by atoms with van der Waals surface area (Å²) in [5.74, 6) is -0.322. The van der Waals surface area contributed by atoms with Crippen molar-refractivity contribution in [3.63, 3.8) is 0 Å². The number of phenolic OH excluding ortho intramolecular Hbond substituents is 1. The minimum absolute atomic E-state index is 0.0539. The molecule has 1 unspecified atom stereocenters. The molecule has 0 bridgehead atoms. The maximum absolute atomic E-state index is 14.2. The maximum atomic E-state index is 14.2. The second kappa shape index (κ2) is 12.8. The minimum atomic E-state index is -0.958. The number of aryl methyl sites for hydroxylation is 1. The largest absolute Gasteiger partial charge is 0.504 e. The summed E-state index contributed by atoms with van der Waals surface area (Å²) in [4.78, 5) is 29.8. The van der Waals surface area contributed by atoms with Crippen LogP contribution < -0.4 is 10.1 Å². The number of amides is 2. The quantitative estimate of drug-likeness (QED) is 0.293. The Balaban J connectivity index is 1.52. The molecule has 0 radical (unpaired) electrons. The Morgan fingerprint density at radius 2 is 1.83 bits per heavy atom. The van der Waals surface area contributed by atoms with Crippen molar-refractivity contribution in [3.05, 3.63) is 83.4 Å². The molecular weight excluding hydrogens is 518 g/mol. The fourth-order valence-corrected chi connectivity index (χ4v) is 5.66. The molecule has 0 spiro atoms. The highest BCUT2D eigenvalue weighted by atomic mass is 16.5. The van der Waals surface area contributed by atoms with Gasteiger partial charge in [0.25, 0.3) is 0 Å². The zero-order chi connectivity index (χ0) is 28.8. The third kappa shape index (κ3) is 6.51. The molecule has 0 aliphatic heterocycles. The fraction of sp³-hybridized carbons (Fsp3) is 0.375. The molecule has 1 heterocycles. The molecule has 1 atom stereocenters. The van der Waals surface area contributed by atoms with E-state index in [1.54, 1.807) is 21.7 Å². The van der Waals surface area contributed by atoms with Gasteiger partial charge in [0, 0.05) is 12.6 Å². The summed E-state index contributed by atoms with van der Waals surface area (Å²) in [5, 5.41) is 22.3.